The summed E-state index contributed by atoms with van der Waals surface area (Å²) in [7, 11) is 0. The standard InChI is InChI=1S/C13H15BrF2N2O3/c1-2-7(3-12(19)20)6-17-13(21)18-11-5-9(15)8(14)4-10(11)16/h4-5,7H,2-3,6H2,1H3,(H,19,20)(H2,17,18,21). The quantitative estimate of drug-likeness (QED) is 0.677. The molecule has 1 aromatic rings. The van der Waals surface area contributed by atoms with Crippen molar-refractivity contribution in [2.45, 2.75) is 19.8 Å². The van der Waals surface area contributed by atoms with Crippen LogP contribution in [0.25, 0.3) is 0 Å². The molecule has 0 saturated carbocycles. The van der Waals surface area contributed by atoms with Gasteiger partial charge in [0.15, 0.2) is 0 Å². The number of amides is 2. The third-order valence-corrected chi connectivity index (χ3v) is 3.46. The van der Waals surface area contributed by atoms with Crippen molar-refractivity contribution in [3.63, 3.8) is 0 Å². The van der Waals surface area contributed by atoms with Gasteiger partial charge in [0.1, 0.15) is 11.6 Å². The van der Waals surface area contributed by atoms with Crippen molar-refractivity contribution < 1.29 is 23.5 Å². The second-order valence-electron chi connectivity index (χ2n) is 4.45. The summed E-state index contributed by atoms with van der Waals surface area (Å²) in [6.07, 6.45) is 0.506. The lowest BCUT2D eigenvalue weighted by Crippen LogP contribution is -2.34. The van der Waals surface area contributed by atoms with Gasteiger partial charge in [0.2, 0.25) is 0 Å². The minimum Gasteiger partial charge on any atom is -0.481 e. The van der Waals surface area contributed by atoms with E-state index >= 15 is 0 Å². The summed E-state index contributed by atoms with van der Waals surface area (Å²) in [5, 5.41) is 13.3. The maximum atomic E-state index is 13.5. The second-order valence-corrected chi connectivity index (χ2v) is 5.31. The van der Waals surface area contributed by atoms with Crippen LogP contribution in [0.5, 0.6) is 0 Å². The van der Waals surface area contributed by atoms with Gasteiger partial charge < -0.3 is 15.7 Å². The molecule has 0 heterocycles. The minimum atomic E-state index is -0.954. The Morgan fingerprint density at radius 1 is 1.33 bits per heavy atom. The molecule has 0 aliphatic heterocycles. The van der Waals surface area contributed by atoms with Crippen molar-refractivity contribution in [3.8, 4) is 0 Å². The fourth-order valence-electron chi connectivity index (χ4n) is 1.63. The number of carbonyl (C=O) groups is 2. The lowest BCUT2D eigenvalue weighted by atomic mass is 10.0. The number of carbonyl (C=O) groups excluding carboxylic acids is 1. The Bertz CT molecular complexity index is 540. The van der Waals surface area contributed by atoms with E-state index in [9.17, 15) is 18.4 Å². The number of rotatable bonds is 6. The third-order valence-electron chi connectivity index (χ3n) is 2.85. The van der Waals surface area contributed by atoms with Gasteiger partial charge >= 0.3 is 12.0 Å². The van der Waals surface area contributed by atoms with Gasteiger partial charge in [0.25, 0.3) is 0 Å². The summed E-state index contributed by atoms with van der Waals surface area (Å²) in [4.78, 5) is 22.2. The fraction of sp³-hybridized carbons (Fsp3) is 0.385. The number of halogens is 3. The SMILES string of the molecule is CCC(CNC(=O)Nc1cc(F)c(Br)cc1F)CC(=O)O. The average molecular weight is 365 g/mol. The highest BCUT2D eigenvalue weighted by Gasteiger charge is 2.14. The van der Waals surface area contributed by atoms with Crippen LogP contribution < -0.4 is 10.6 Å². The summed E-state index contributed by atoms with van der Waals surface area (Å²) in [5.41, 5.74) is -0.292. The largest absolute Gasteiger partial charge is 0.481 e. The molecule has 0 aliphatic rings. The average Bonchev–Trinajstić information content (AvgIpc) is 2.40. The first-order valence-corrected chi connectivity index (χ1v) is 7.04. The van der Waals surface area contributed by atoms with Gasteiger partial charge in [-0.05, 0) is 27.9 Å². The van der Waals surface area contributed by atoms with Gasteiger partial charge in [-0.15, -0.1) is 0 Å². The Labute approximate surface area is 128 Å². The maximum absolute atomic E-state index is 13.5. The molecule has 3 N–H and O–H groups in total. The van der Waals surface area contributed by atoms with Crippen LogP contribution in [0.2, 0.25) is 0 Å². The Morgan fingerprint density at radius 2 is 2.00 bits per heavy atom. The van der Waals surface area contributed by atoms with Crippen molar-refractivity contribution in [3.05, 3.63) is 28.2 Å². The molecule has 5 nitrogen and oxygen atoms in total. The molecule has 21 heavy (non-hydrogen) atoms. The Balaban J connectivity index is 2.58. The molecule has 0 bridgehead atoms. The molecule has 0 saturated heterocycles. The van der Waals surface area contributed by atoms with E-state index in [1.165, 1.54) is 0 Å². The zero-order valence-electron chi connectivity index (χ0n) is 11.3. The number of hydrogen-bond donors (Lipinski definition) is 3. The molecule has 1 aromatic carbocycles. The Hall–Kier alpha value is -1.70. The molecule has 0 aromatic heterocycles. The van der Waals surface area contributed by atoms with Crippen molar-refractivity contribution >= 4 is 33.6 Å². The van der Waals surface area contributed by atoms with Crippen LogP contribution in [0.1, 0.15) is 19.8 Å². The summed E-state index contributed by atoms with van der Waals surface area (Å²) in [6, 6.07) is 1.04. The molecular formula is C13H15BrF2N2O3. The van der Waals surface area contributed by atoms with Crippen LogP contribution >= 0.6 is 15.9 Å². The van der Waals surface area contributed by atoms with Crippen LogP contribution in [-0.2, 0) is 4.79 Å². The molecule has 116 valence electrons. The van der Waals surface area contributed by atoms with E-state index in [-0.39, 0.29) is 29.0 Å². The summed E-state index contributed by atoms with van der Waals surface area (Å²) in [5.74, 6) is -2.66. The molecule has 2 amide bonds. The van der Waals surface area contributed by atoms with E-state index < -0.39 is 23.6 Å². The Morgan fingerprint density at radius 3 is 2.57 bits per heavy atom. The zero-order valence-corrected chi connectivity index (χ0v) is 12.8. The molecule has 8 heteroatoms. The topological polar surface area (TPSA) is 78.4 Å². The normalized spacial score (nSPS) is 11.8. The number of anilines is 1. The number of hydrogen-bond acceptors (Lipinski definition) is 2. The van der Waals surface area contributed by atoms with Crippen molar-refractivity contribution in [1.82, 2.24) is 5.32 Å². The number of nitrogens with one attached hydrogen (secondary N) is 2. The van der Waals surface area contributed by atoms with Crippen molar-refractivity contribution in [1.29, 1.82) is 0 Å². The van der Waals surface area contributed by atoms with Crippen molar-refractivity contribution in [2.24, 2.45) is 5.92 Å². The van der Waals surface area contributed by atoms with Crippen molar-refractivity contribution in [2.75, 3.05) is 11.9 Å². The van der Waals surface area contributed by atoms with Crippen LogP contribution in [0.15, 0.2) is 16.6 Å². The van der Waals surface area contributed by atoms with E-state index in [2.05, 4.69) is 26.6 Å². The highest BCUT2D eigenvalue weighted by atomic mass is 79.9. The van der Waals surface area contributed by atoms with Crippen LogP contribution in [0, 0.1) is 17.6 Å². The number of carboxylic acid groups (broad SMARTS) is 1. The summed E-state index contributed by atoms with van der Waals surface area (Å²) < 4.78 is 26.7. The van der Waals surface area contributed by atoms with Gasteiger partial charge in [-0.25, -0.2) is 13.6 Å². The molecule has 1 rings (SSSR count). The third kappa shape index (κ3) is 5.66. The molecule has 0 fully saturated rings. The highest BCUT2D eigenvalue weighted by molar-refractivity contribution is 9.10. The van der Waals surface area contributed by atoms with E-state index in [4.69, 9.17) is 5.11 Å². The van der Waals surface area contributed by atoms with E-state index in [0.717, 1.165) is 12.1 Å². The molecule has 0 spiro atoms. The summed E-state index contributed by atoms with van der Waals surface area (Å²) in [6.45, 7) is 1.94. The smallest absolute Gasteiger partial charge is 0.319 e. The van der Waals surface area contributed by atoms with Gasteiger partial charge in [-0.2, -0.15) is 0 Å². The maximum Gasteiger partial charge on any atom is 0.319 e. The van der Waals surface area contributed by atoms with Gasteiger partial charge in [0.05, 0.1) is 10.2 Å². The molecule has 0 aliphatic carbocycles. The highest BCUT2D eigenvalue weighted by Crippen LogP contribution is 2.23. The number of carboxylic acids is 1. The first-order valence-electron chi connectivity index (χ1n) is 6.24. The minimum absolute atomic E-state index is 0.0431. The fourth-order valence-corrected chi connectivity index (χ4v) is 1.95. The molecular weight excluding hydrogens is 350 g/mol. The van der Waals surface area contributed by atoms with Crippen LogP contribution in [0.3, 0.4) is 0 Å². The first-order chi connectivity index (χ1) is 9.83. The van der Waals surface area contributed by atoms with E-state index in [1.807, 2.05) is 0 Å². The zero-order chi connectivity index (χ0) is 16.0. The molecule has 1 atom stereocenters. The second kappa shape index (κ2) is 7.92. The van der Waals surface area contributed by atoms with E-state index in [1.54, 1.807) is 6.92 Å². The van der Waals surface area contributed by atoms with Crippen LogP contribution in [-0.4, -0.2) is 23.7 Å². The van der Waals surface area contributed by atoms with Gasteiger partial charge in [-0.3, -0.25) is 4.79 Å². The molecule has 1 unspecified atom stereocenters. The Kier molecular flexibility index (Phi) is 6.54. The van der Waals surface area contributed by atoms with Gasteiger partial charge in [-0.1, -0.05) is 13.3 Å². The van der Waals surface area contributed by atoms with Crippen LogP contribution in [0.4, 0.5) is 19.3 Å². The predicted molar refractivity (Wildman–Crippen MR) is 77.1 cm³/mol. The number of benzene rings is 1. The van der Waals surface area contributed by atoms with Gasteiger partial charge in [0, 0.05) is 19.0 Å². The lowest BCUT2D eigenvalue weighted by molar-refractivity contribution is -0.138. The first kappa shape index (κ1) is 17.4. The number of aliphatic carboxylic acids is 1. The lowest BCUT2D eigenvalue weighted by Gasteiger charge is -2.14. The monoisotopic (exact) mass is 364 g/mol. The molecule has 0 radical (unpaired) electrons. The van der Waals surface area contributed by atoms with E-state index in [0.29, 0.717) is 6.42 Å². The summed E-state index contributed by atoms with van der Waals surface area (Å²) >= 11 is 2.83. The number of urea groups is 1. The predicted octanol–water partition coefficient (Wildman–Crippen LogP) is 3.35.